The summed E-state index contributed by atoms with van der Waals surface area (Å²) in [5.74, 6) is 0.469. The molecule has 0 saturated heterocycles. The molecule has 0 aromatic heterocycles. The first-order chi connectivity index (χ1) is 8.21. The van der Waals surface area contributed by atoms with Crippen LogP contribution in [0, 0.1) is 12.8 Å². The summed E-state index contributed by atoms with van der Waals surface area (Å²) in [7, 11) is 0. The van der Waals surface area contributed by atoms with Crippen LogP contribution in [0.2, 0.25) is 0 Å². The van der Waals surface area contributed by atoms with Gasteiger partial charge in [0.2, 0.25) is 0 Å². The van der Waals surface area contributed by atoms with Crippen molar-refractivity contribution in [2.45, 2.75) is 52.6 Å². The highest BCUT2D eigenvalue weighted by Gasteiger charge is 2.34. The second-order valence-electron chi connectivity index (χ2n) is 5.46. The Morgan fingerprint density at radius 1 is 1.06 bits per heavy atom. The Hall–Kier alpha value is -0.990. The van der Waals surface area contributed by atoms with Crippen molar-refractivity contribution in [2.24, 2.45) is 5.92 Å². The van der Waals surface area contributed by atoms with Crippen molar-refractivity contribution in [1.82, 2.24) is 0 Å². The molecule has 0 spiro atoms. The Kier molecular flexibility index (Phi) is 4.83. The van der Waals surface area contributed by atoms with Crippen LogP contribution in [0.4, 0.5) is 13.2 Å². The molecule has 18 heavy (non-hydrogen) atoms. The minimum absolute atomic E-state index is 0.0513. The lowest BCUT2D eigenvalue weighted by Crippen LogP contribution is -2.11. The standard InChI is InChI=1S/C15H21F3/c1-10(2)5-7-12(4)13-8-6-11(3)9-14(13)15(16,17)18/h6,8-10,12H,5,7H2,1-4H3. The molecule has 3 heteroatoms. The Morgan fingerprint density at radius 3 is 2.17 bits per heavy atom. The average Bonchev–Trinajstić information content (AvgIpc) is 2.24. The van der Waals surface area contributed by atoms with Crippen molar-refractivity contribution in [2.75, 3.05) is 0 Å². The van der Waals surface area contributed by atoms with E-state index in [1.54, 1.807) is 19.1 Å². The molecular weight excluding hydrogens is 237 g/mol. The van der Waals surface area contributed by atoms with Gasteiger partial charge in [-0.3, -0.25) is 0 Å². The van der Waals surface area contributed by atoms with Crippen molar-refractivity contribution in [3.05, 3.63) is 34.9 Å². The molecule has 0 aliphatic heterocycles. The summed E-state index contributed by atoms with van der Waals surface area (Å²) in [6.45, 7) is 7.75. The first kappa shape index (κ1) is 15.1. The summed E-state index contributed by atoms with van der Waals surface area (Å²) < 4.78 is 39.0. The Bertz CT molecular complexity index is 391. The van der Waals surface area contributed by atoms with Crippen LogP contribution in [-0.4, -0.2) is 0 Å². The maximum absolute atomic E-state index is 13.0. The van der Waals surface area contributed by atoms with E-state index in [1.165, 1.54) is 6.07 Å². The third-order valence-corrected chi connectivity index (χ3v) is 3.22. The van der Waals surface area contributed by atoms with Gasteiger partial charge >= 0.3 is 6.18 Å². The highest BCUT2D eigenvalue weighted by Crippen LogP contribution is 2.37. The normalized spacial score (nSPS) is 14.0. The van der Waals surface area contributed by atoms with Gasteiger partial charge in [0, 0.05) is 0 Å². The molecule has 1 rings (SSSR count). The molecule has 0 fully saturated rings. The van der Waals surface area contributed by atoms with Gasteiger partial charge in [0.05, 0.1) is 5.56 Å². The van der Waals surface area contributed by atoms with E-state index in [2.05, 4.69) is 13.8 Å². The van der Waals surface area contributed by atoms with E-state index in [1.807, 2.05) is 6.92 Å². The largest absolute Gasteiger partial charge is 0.416 e. The molecule has 0 saturated carbocycles. The first-order valence-corrected chi connectivity index (χ1v) is 6.39. The molecule has 0 N–H and O–H groups in total. The van der Waals surface area contributed by atoms with Crippen molar-refractivity contribution in [3.63, 3.8) is 0 Å². The van der Waals surface area contributed by atoms with Gasteiger partial charge in [-0.25, -0.2) is 0 Å². The van der Waals surface area contributed by atoms with Crippen LogP contribution in [0.15, 0.2) is 18.2 Å². The summed E-state index contributed by atoms with van der Waals surface area (Å²) in [4.78, 5) is 0. The van der Waals surface area contributed by atoms with Crippen molar-refractivity contribution in [1.29, 1.82) is 0 Å². The van der Waals surface area contributed by atoms with E-state index in [0.29, 0.717) is 17.0 Å². The molecule has 1 unspecified atom stereocenters. The summed E-state index contributed by atoms with van der Waals surface area (Å²) in [5.41, 5.74) is 0.606. The zero-order chi connectivity index (χ0) is 13.9. The van der Waals surface area contributed by atoms with E-state index in [4.69, 9.17) is 0 Å². The van der Waals surface area contributed by atoms with E-state index in [0.717, 1.165) is 12.8 Å². The summed E-state index contributed by atoms with van der Waals surface area (Å²) >= 11 is 0. The summed E-state index contributed by atoms with van der Waals surface area (Å²) in [6.07, 6.45) is -2.51. The Labute approximate surface area is 107 Å². The highest BCUT2D eigenvalue weighted by atomic mass is 19.4. The van der Waals surface area contributed by atoms with Gasteiger partial charge in [0.25, 0.3) is 0 Å². The van der Waals surface area contributed by atoms with Crippen LogP contribution in [0.3, 0.4) is 0 Å². The molecule has 102 valence electrons. The fraction of sp³-hybridized carbons (Fsp3) is 0.600. The van der Waals surface area contributed by atoms with Gasteiger partial charge in [-0.15, -0.1) is 0 Å². The van der Waals surface area contributed by atoms with Crippen LogP contribution in [-0.2, 0) is 6.18 Å². The molecule has 0 amide bonds. The van der Waals surface area contributed by atoms with Crippen LogP contribution in [0.1, 0.15) is 56.2 Å². The molecule has 1 aromatic carbocycles. The topological polar surface area (TPSA) is 0 Å². The number of hydrogen-bond acceptors (Lipinski definition) is 0. The van der Waals surface area contributed by atoms with Crippen LogP contribution >= 0.6 is 0 Å². The fourth-order valence-electron chi connectivity index (χ4n) is 2.08. The zero-order valence-corrected chi connectivity index (χ0v) is 11.4. The number of hydrogen-bond donors (Lipinski definition) is 0. The number of alkyl halides is 3. The molecule has 0 aliphatic rings. The first-order valence-electron chi connectivity index (χ1n) is 6.39. The average molecular weight is 258 g/mol. The summed E-state index contributed by atoms with van der Waals surface area (Å²) in [6, 6.07) is 4.64. The van der Waals surface area contributed by atoms with E-state index >= 15 is 0 Å². The second-order valence-corrected chi connectivity index (χ2v) is 5.46. The smallest absolute Gasteiger partial charge is 0.166 e. The minimum atomic E-state index is -4.26. The van der Waals surface area contributed by atoms with E-state index in [9.17, 15) is 13.2 Å². The molecule has 0 aliphatic carbocycles. The molecule has 1 aromatic rings. The van der Waals surface area contributed by atoms with Gasteiger partial charge in [-0.05, 0) is 36.8 Å². The van der Waals surface area contributed by atoms with Crippen LogP contribution in [0.25, 0.3) is 0 Å². The monoisotopic (exact) mass is 258 g/mol. The van der Waals surface area contributed by atoms with E-state index in [-0.39, 0.29) is 5.92 Å². The molecular formula is C15H21F3. The molecule has 0 heterocycles. The molecule has 0 bridgehead atoms. The molecule has 0 radical (unpaired) electrons. The quantitative estimate of drug-likeness (QED) is 0.663. The molecule has 0 nitrogen and oxygen atoms in total. The minimum Gasteiger partial charge on any atom is -0.166 e. The lowest BCUT2D eigenvalue weighted by molar-refractivity contribution is -0.138. The van der Waals surface area contributed by atoms with Gasteiger partial charge < -0.3 is 0 Å². The third kappa shape index (κ3) is 4.04. The van der Waals surface area contributed by atoms with Crippen LogP contribution < -0.4 is 0 Å². The number of aryl methyl sites for hydroxylation is 1. The maximum Gasteiger partial charge on any atom is 0.416 e. The van der Waals surface area contributed by atoms with E-state index < -0.39 is 11.7 Å². The van der Waals surface area contributed by atoms with Gasteiger partial charge in [-0.2, -0.15) is 13.2 Å². The van der Waals surface area contributed by atoms with Crippen molar-refractivity contribution < 1.29 is 13.2 Å². The maximum atomic E-state index is 13.0. The fourth-order valence-corrected chi connectivity index (χ4v) is 2.08. The zero-order valence-electron chi connectivity index (χ0n) is 11.4. The Morgan fingerprint density at radius 2 is 1.67 bits per heavy atom. The third-order valence-electron chi connectivity index (χ3n) is 3.22. The molecule has 1 atom stereocenters. The number of halogens is 3. The second kappa shape index (κ2) is 5.77. The van der Waals surface area contributed by atoms with Gasteiger partial charge in [-0.1, -0.05) is 44.9 Å². The van der Waals surface area contributed by atoms with Crippen LogP contribution in [0.5, 0.6) is 0 Å². The number of rotatable bonds is 4. The lowest BCUT2D eigenvalue weighted by atomic mass is 9.89. The highest BCUT2D eigenvalue weighted by molar-refractivity contribution is 5.35. The van der Waals surface area contributed by atoms with Gasteiger partial charge in [0.15, 0.2) is 0 Å². The lowest BCUT2D eigenvalue weighted by Gasteiger charge is -2.19. The van der Waals surface area contributed by atoms with Gasteiger partial charge in [0.1, 0.15) is 0 Å². The summed E-state index contributed by atoms with van der Waals surface area (Å²) in [5, 5.41) is 0. The van der Waals surface area contributed by atoms with Crippen molar-refractivity contribution >= 4 is 0 Å². The SMILES string of the molecule is Cc1ccc(C(C)CCC(C)C)c(C(F)(F)F)c1. The predicted molar refractivity (Wildman–Crippen MR) is 68.7 cm³/mol. The predicted octanol–water partition coefficient (Wildman–Crippen LogP) is 5.55. The number of benzene rings is 1. The Balaban J connectivity index is 3.00. The van der Waals surface area contributed by atoms with Crippen molar-refractivity contribution in [3.8, 4) is 0 Å².